The molecule has 0 aliphatic heterocycles. The monoisotopic (exact) mass is 307 g/mol. The van der Waals surface area contributed by atoms with Crippen LogP contribution in [0.15, 0.2) is 58.3 Å². The molecule has 0 saturated carbocycles. The van der Waals surface area contributed by atoms with Crippen molar-refractivity contribution in [3.63, 3.8) is 0 Å². The number of aromatic hydroxyl groups is 1. The molecule has 23 heavy (non-hydrogen) atoms. The van der Waals surface area contributed by atoms with E-state index in [1.165, 1.54) is 10.9 Å². The minimum absolute atomic E-state index is 0.0952. The lowest BCUT2D eigenvalue weighted by atomic mass is 10.2. The number of rotatable bonds is 3. The molecule has 0 fully saturated rings. The molecule has 2 aromatic carbocycles. The van der Waals surface area contributed by atoms with E-state index in [4.69, 9.17) is 0 Å². The van der Waals surface area contributed by atoms with Crippen LogP contribution in [0, 0.1) is 13.8 Å². The molecular weight excluding hydrogens is 290 g/mol. The van der Waals surface area contributed by atoms with Gasteiger partial charge >= 0.3 is 0 Å². The van der Waals surface area contributed by atoms with Crippen molar-refractivity contribution in [3.05, 3.63) is 75.7 Å². The van der Waals surface area contributed by atoms with Crippen LogP contribution in [0.5, 0.6) is 5.75 Å². The molecule has 0 radical (unpaired) electrons. The number of nitrogens with one attached hydrogen (secondary N) is 1. The standard InChI is InChI=1S/C18H17N3O2/c1-12-7-6-10-16(22)17(12)19-11-15-13(2)20-21(18(15)23)14-8-4-3-5-9-14/h3-11,20,22H,1-2H3. The van der Waals surface area contributed by atoms with Gasteiger partial charge in [-0.3, -0.25) is 14.9 Å². The number of H-pyrrole nitrogens is 1. The molecular formula is C18H17N3O2. The van der Waals surface area contributed by atoms with E-state index in [-0.39, 0.29) is 11.3 Å². The number of aryl methyl sites for hydroxylation is 2. The van der Waals surface area contributed by atoms with Gasteiger partial charge in [0.25, 0.3) is 5.56 Å². The van der Waals surface area contributed by atoms with Crippen molar-refractivity contribution in [1.82, 2.24) is 9.78 Å². The van der Waals surface area contributed by atoms with E-state index in [2.05, 4.69) is 10.1 Å². The van der Waals surface area contributed by atoms with Gasteiger partial charge in [0.1, 0.15) is 11.4 Å². The molecule has 0 amide bonds. The third kappa shape index (κ3) is 2.81. The largest absolute Gasteiger partial charge is 0.506 e. The van der Waals surface area contributed by atoms with Crippen LogP contribution in [-0.2, 0) is 0 Å². The van der Waals surface area contributed by atoms with E-state index in [9.17, 15) is 9.90 Å². The fourth-order valence-electron chi connectivity index (χ4n) is 2.41. The lowest BCUT2D eigenvalue weighted by Gasteiger charge is -2.01. The van der Waals surface area contributed by atoms with Gasteiger partial charge in [-0.05, 0) is 37.6 Å². The van der Waals surface area contributed by atoms with E-state index in [0.717, 1.165) is 16.9 Å². The molecule has 116 valence electrons. The topological polar surface area (TPSA) is 70.4 Å². The second kappa shape index (κ2) is 5.96. The first-order chi connectivity index (χ1) is 11.1. The van der Waals surface area contributed by atoms with Crippen LogP contribution in [-0.4, -0.2) is 21.1 Å². The normalized spacial score (nSPS) is 11.2. The summed E-state index contributed by atoms with van der Waals surface area (Å²) in [6.07, 6.45) is 1.50. The Kier molecular flexibility index (Phi) is 3.85. The van der Waals surface area contributed by atoms with Gasteiger partial charge in [0, 0.05) is 11.9 Å². The minimum Gasteiger partial charge on any atom is -0.506 e. The third-order valence-electron chi connectivity index (χ3n) is 3.67. The summed E-state index contributed by atoms with van der Waals surface area (Å²) in [5.74, 6) is 0.0952. The number of aromatic amines is 1. The summed E-state index contributed by atoms with van der Waals surface area (Å²) in [6.45, 7) is 3.68. The first-order valence-electron chi connectivity index (χ1n) is 7.27. The lowest BCUT2D eigenvalue weighted by molar-refractivity contribution is 0.476. The summed E-state index contributed by atoms with van der Waals surface area (Å²) >= 11 is 0. The highest BCUT2D eigenvalue weighted by molar-refractivity contribution is 5.84. The molecule has 5 nitrogen and oxygen atoms in total. The van der Waals surface area contributed by atoms with Crippen molar-refractivity contribution in [2.75, 3.05) is 0 Å². The van der Waals surface area contributed by atoms with Crippen molar-refractivity contribution in [2.24, 2.45) is 4.99 Å². The van der Waals surface area contributed by atoms with Crippen molar-refractivity contribution in [2.45, 2.75) is 13.8 Å². The number of hydrogen-bond donors (Lipinski definition) is 2. The quantitative estimate of drug-likeness (QED) is 0.729. The summed E-state index contributed by atoms with van der Waals surface area (Å²) in [4.78, 5) is 16.9. The summed E-state index contributed by atoms with van der Waals surface area (Å²) in [5.41, 5.74) is 3.09. The molecule has 0 saturated heterocycles. The van der Waals surface area contributed by atoms with E-state index in [1.54, 1.807) is 12.1 Å². The van der Waals surface area contributed by atoms with Gasteiger partial charge in [0.2, 0.25) is 0 Å². The van der Waals surface area contributed by atoms with Gasteiger partial charge in [0.15, 0.2) is 0 Å². The van der Waals surface area contributed by atoms with Crippen molar-refractivity contribution in [1.29, 1.82) is 0 Å². The average Bonchev–Trinajstić information content (AvgIpc) is 2.83. The summed E-state index contributed by atoms with van der Waals surface area (Å²) in [5, 5.41) is 12.9. The Labute approximate surface area is 133 Å². The zero-order valence-electron chi connectivity index (χ0n) is 12.9. The molecule has 0 aliphatic rings. The highest BCUT2D eigenvalue weighted by Gasteiger charge is 2.11. The Morgan fingerprint density at radius 3 is 2.52 bits per heavy atom. The van der Waals surface area contributed by atoms with Crippen LogP contribution in [0.1, 0.15) is 16.8 Å². The third-order valence-corrected chi connectivity index (χ3v) is 3.67. The molecule has 3 rings (SSSR count). The smallest absolute Gasteiger partial charge is 0.280 e. The number of aliphatic imine (C=N–C) groups is 1. The molecule has 1 aromatic heterocycles. The molecule has 2 N–H and O–H groups in total. The van der Waals surface area contributed by atoms with Crippen molar-refractivity contribution in [3.8, 4) is 11.4 Å². The number of phenols is 1. The zero-order chi connectivity index (χ0) is 16.4. The number of benzene rings is 2. The number of hydrogen-bond acceptors (Lipinski definition) is 3. The summed E-state index contributed by atoms with van der Waals surface area (Å²) in [6, 6.07) is 14.5. The lowest BCUT2D eigenvalue weighted by Crippen LogP contribution is -2.17. The van der Waals surface area contributed by atoms with Crippen molar-refractivity contribution >= 4 is 11.9 Å². The number of nitrogens with zero attached hydrogens (tertiary/aromatic N) is 2. The highest BCUT2D eigenvalue weighted by atomic mass is 16.3. The highest BCUT2D eigenvalue weighted by Crippen LogP contribution is 2.29. The Hall–Kier alpha value is -3.08. The van der Waals surface area contributed by atoms with Gasteiger partial charge < -0.3 is 5.11 Å². The van der Waals surface area contributed by atoms with Gasteiger partial charge in [0.05, 0.1) is 11.3 Å². The first kappa shape index (κ1) is 14.8. The number of phenolic OH excluding ortho intramolecular Hbond substituents is 1. The van der Waals surface area contributed by atoms with E-state index < -0.39 is 0 Å². The summed E-state index contributed by atoms with van der Waals surface area (Å²) < 4.78 is 1.48. The Bertz CT molecular complexity index is 901. The minimum atomic E-state index is -0.175. The van der Waals surface area contributed by atoms with Crippen LogP contribution in [0.3, 0.4) is 0 Å². The number of aromatic nitrogens is 2. The predicted octanol–water partition coefficient (Wildman–Crippen LogP) is 3.24. The van der Waals surface area contributed by atoms with Gasteiger partial charge in [-0.2, -0.15) is 0 Å². The zero-order valence-corrected chi connectivity index (χ0v) is 12.9. The van der Waals surface area contributed by atoms with E-state index in [0.29, 0.717) is 11.3 Å². The predicted molar refractivity (Wildman–Crippen MR) is 91.2 cm³/mol. The first-order valence-corrected chi connectivity index (χ1v) is 7.27. The van der Waals surface area contributed by atoms with Crippen LogP contribution in [0.4, 0.5) is 5.69 Å². The Morgan fingerprint density at radius 2 is 1.83 bits per heavy atom. The van der Waals surface area contributed by atoms with Crippen LogP contribution < -0.4 is 5.56 Å². The van der Waals surface area contributed by atoms with Gasteiger partial charge in [-0.15, -0.1) is 0 Å². The fraction of sp³-hybridized carbons (Fsp3) is 0.111. The molecule has 3 aromatic rings. The number of para-hydroxylation sites is 2. The molecule has 0 atom stereocenters. The van der Waals surface area contributed by atoms with Crippen LogP contribution in [0.25, 0.3) is 5.69 Å². The van der Waals surface area contributed by atoms with Gasteiger partial charge in [-0.25, -0.2) is 4.68 Å². The average molecular weight is 307 g/mol. The maximum absolute atomic E-state index is 12.6. The maximum Gasteiger partial charge on any atom is 0.280 e. The SMILES string of the molecule is Cc1cccc(O)c1N=Cc1c(C)[nH]n(-c2ccccc2)c1=O. The molecule has 1 heterocycles. The molecule has 5 heteroatoms. The maximum atomic E-state index is 12.6. The fourth-order valence-corrected chi connectivity index (χ4v) is 2.41. The molecule has 0 aliphatic carbocycles. The Morgan fingerprint density at radius 1 is 1.09 bits per heavy atom. The Balaban J connectivity index is 2.04. The van der Waals surface area contributed by atoms with Crippen molar-refractivity contribution < 1.29 is 5.11 Å². The second-order valence-corrected chi connectivity index (χ2v) is 5.33. The van der Waals surface area contributed by atoms with E-state index in [1.807, 2.05) is 50.2 Å². The molecule has 0 spiro atoms. The van der Waals surface area contributed by atoms with Gasteiger partial charge in [-0.1, -0.05) is 30.3 Å². The van der Waals surface area contributed by atoms with Crippen LogP contribution >= 0.6 is 0 Å². The van der Waals surface area contributed by atoms with E-state index >= 15 is 0 Å². The molecule has 0 unspecified atom stereocenters. The van der Waals surface area contributed by atoms with Crippen LogP contribution in [0.2, 0.25) is 0 Å². The second-order valence-electron chi connectivity index (χ2n) is 5.33. The summed E-state index contributed by atoms with van der Waals surface area (Å²) in [7, 11) is 0. The molecule has 0 bridgehead atoms.